The molecule has 0 spiro atoms. The van der Waals surface area contributed by atoms with Crippen molar-refractivity contribution in [3.63, 3.8) is 0 Å². The molecule has 0 radical (unpaired) electrons. The van der Waals surface area contributed by atoms with Crippen molar-refractivity contribution in [1.29, 1.82) is 0 Å². The Balaban J connectivity index is 1.86. The number of hydrogen-bond donors (Lipinski definition) is 1. The number of benzene rings is 1. The molecule has 0 saturated heterocycles. The number of hydrogen-bond acceptors (Lipinski definition) is 6. The second-order valence-corrected chi connectivity index (χ2v) is 6.96. The molecule has 0 unspecified atom stereocenters. The SMILES string of the molecule is CCCCOCCNN(CCOCCCC)c1nc2ccccc2s1. The van der Waals surface area contributed by atoms with Gasteiger partial charge in [0.15, 0.2) is 0 Å². The minimum atomic E-state index is 0.694. The molecule has 6 heteroatoms. The van der Waals surface area contributed by atoms with Crippen LogP contribution in [0.4, 0.5) is 5.13 Å². The van der Waals surface area contributed by atoms with Gasteiger partial charge in [-0.05, 0) is 25.0 Å². The summed E-state index contributed by atoms with van der Waals surface area (Å²) in [7, 11) is 0. The van der Waals surface area contributed by atoms with Crippen LogP contribution in [0.5, 0.6) is 0 Å². The van der Waals surface area contributed by atoms with Crippen LogP contribution in [0, 0.1) is 0 Å². The zero-order valence-corrected chi connectivity index (χ0v) is 16.3. The molecule has 0 bridgehead atoms. The van der Waals surface area contributed by atoms with Gasteiger partial charge in [0.2, 0.25) is 5.13 Å². The fraction of sp³-hybridized carbons (Fsp3) is 0.632. The first kappa shape index (κ1) is 20.1. The summed E-state index contributed by atoms with van der Waals surface area (Å²) in [6.45, 7) is 8.96. The van der Waals surface area contributed by atoms with E-state index in [0.717, 1.165) is 56.2 Å². The third kappa shape index (κ3) is 7.28. The van der Waals surface area contributed by atoms with Gasteiger partial charge in [-0.2, -0.15) is 0 Å². The number of nitrogens with one attached hydrogen (secondary N) is 1. The monoisotopic (exact) mass is 365 g/mol. The standard InChI is InChI=1S/C19H31N3O2S/c1-3-5-13-23-15-11-20-22(12-16-24-14-6-4-2)19-21-17-9-7-8-10-18(17)25-19/h7-10,20H,3-6,11-16H2,1-2H3. The summed E-state index contributed by atoms with van der Waals surface area (Å²) in [5, 5.41) is 3.08. The van der Waals surface area contributed by atoms with Crippen molar-refractivity contribution >= 4 is 26.7 Å². The predicted molar refractivity (Wildman–Crippen MR) is 106 cm³/mol. The summed E-state index contributed by atoms with van der Waals surface area (Å²) in [5.41, 5.74) is 4.48. The largest absolute Gasteiger partial charge is 0.380 e. The Hall–Kier alpha value is -1.21. The molecule has 0 aliphatic carbocycles. The van der Waals surface area contributed by atoms with Gasteiger partial charge in [-0.3, -0.25) is 5.01 Å². The number of ether oxygens (including phenoxy) is 2. The number of nitrogens with zero attached hydrogens (tertiary/aromatic N) is 2. The van der Waals surface area contributed by atoms with Crippen molar-refractivity contribution in [2.45, 2.75) is 39.5 Å². The van der Waals surface area contributed by atoms with E-state index in [0.29, 0.717) is 13.2 Å². The van der Waals surface area contributed by atoms with Crippen molar-refractivity contribution in [1.82, 2.24) is 10.4 Å². The molecule has 2 aromatic rings. The first-order chi connectivity index (χ1) is 12.3. The molecule has 0 aliphatic heterocycles. The van der Waals surface area contributed by atoms with E-state index in [-0.39, 0.29) is 0 Å². The van der Waals surface area contributed by atoms with Crippen LogP contribution in [-0.4, -0.2) is 44.5 Å². The van der Waals surface area contributed by atoms with Gasteiger partial charge in [0.25, 0.3) is 0 Å². The van der Waals surface area contributed by atoms with E-state index in [2.05, 4.69) is 42.5 Å². The Kier molecular flexibility index (Phi) is 9.81. The third-order valence-electron chi connectivity index (χ3n) is 3.81. The quantitative estimate of drug-likeness (QED) is 0.401. The zero-order chi connectivity index (χ0) is 17.7. The lowest BCUT2D eigenvalue weighted by Gasteiger charge is -2.22. The molecule has 0 saturated carbocycles. The number of rotatable bonds is 14. The van der Waals surface area contributed by atoms with Gasteiger partial charge in [0, 0.05) is 19.8 Å². The molecular weight excluding hydrogens is 334 g/mol. The number of hydrazine groups is 1. The number of para-hydroxylation sites is 1. The normalized spacial score (nSPS) is 11.3. The molecule has 25 heavy (non-hydrogen) atoms. The second-order valence-electron chi connectivity index (χ2n) is 5.96. The van der Waals surface area contributed by atoms with Crippen LogP contribution in [0.2, 0.25) is 0 Å². The number of unbranched alkanes of at least 4 members (excludes halogenated alkanes) is 2. The molecule has 1 aromatic carbocycles. The van der Waals surface area contributed by atoms with Gasteiger partial charge in [0.05, 0.1) is 30.0 Å². The summed E-state index contributed by atoms with van der Waals surface area (Å²) in [6.07, 6.45) is 4.56. The number of anilines is 1. The van der Waals surface area contributed by atoms with E-state index in [1.807, 2.05) is 6.07 Å². The van der Waals surface area contributed by atoms with E-state index < -0.39 is 0 Å². The second kappa shape index (κ2) is 12.2. The van der Waals surface area contributed by atoms with Crippen LogP contribution in [0.1, 0.15) is 39.5 Å². The third-order valence-corrected chi connectivity index (χ3v) is 4.87. The number of thiazole rings is 1. The highest BCUT2D eigenvalue weighted by Crippen LogP contribution is 2.27. The van der Waals surface area contributed by atoms with E-state index in [4.69, 9.17) is 14.5 Å². The lowest BCUT2D eigenvalue weighted by molar-refractivity contribution is 0.125. The summed E-state index contributed by atoms with van der Waals surface area (Å²) in [5.74, 6) is 0. The topological polar surface area (TPSA) is 46.6 Å². The number of fused-ring (bicyclic) bond motifs is 1. The van der Waals surface area contributed by atoms with E-state index in [1.165, 1.54) is 11.1 Å². The van der Waals surface area contributed by atoms with Gasteiger partial charge in [0.1, 0.15) is 0 Å². The Morgan fingerprint density at radius 2 is 1.72 bits per heavy atom. The van der Waals surface area contributed by atoms with Crippen molar-refractivity contribution in [3.8, 4) is 0 Å². The molecule has 1 N–H and O–H groups in total. The maximum absolute atomic E-state index is 5.72. The van der Waals surface area contributed by atoms with Gasteiger partial charge in [-0.15, -0.1) is 0 Å². The summed E-state index contributed by atoms with van der Waals surface area (Å²) < 4.78 is 12.6. The average Bonchev–Trinajstić information content (AvgIpc) is 3.06. The van der Waals surface area contributed by atoms with Crippen molar-refractivity contribution < 1.29 is 9.47 Å². The minimum Gasteiger partial charge on any atom is -0.380 e. The van der Waals surface area contributed by atoms with Gasteiger partial charge in [-0.25, -0.2) is 10.4 Å². The molecule has 140 valence electrons. The molecule has 2 rings (SSSR count). The fourth-order valence-electron chi connectivity index (χ4n) is 2.32. The van der Waals surface area contributed by atoms with Gasteiger partial charge in [-0.1, -0.05) is 50.2 Å². The van der Waals surface area contributed by atoms with Gasteiger partial charge < -0.3 is 9.47 Å². The Morgan fingerprint density at radius 1 is 1.00 bits per heavy atom. The van der Waals surface area contributed by atoms with Gasteiger partial charge >= 0.3 is 0 Å². The molecular formula is C19H31N3O2S. The first-order valence-corrected chi connectivity index (χ1v) is 10.2. The van der Waals surface area contributed by atoms with Crippen LogP contribution in [0.3, 0.4) is 0 Å². The van der Waals surface area contributed by atoms with Crippen LogP contribution in [0.15, 0.2) is 24.3 Å². The van der Waals surface area contributed by atoms with E-state index in [9.17, 15) is 0 Å². The molecule has 0 fully saturated rings. The van der Waals surface area contributed by atoms with Crippen molar-refractivity contribution in [2.75, 3.05) is 44.5 Å². The minimum absolute atomic E-state index is 0.694. The molecule has 5 nitrogen and oxygen atoms in total. The Morgan fingerprint density at radius 3 is 2.44 bits per heavy atom. The lowest BCUT2D eigenvalue weighted by atomic mass is 10.3. The highest BCUT2D eigenvalue weighted by Gasteiger charge is 2.11. The lowest BCUT2D eigenvalue weighted by Crippen LogP contribution is -2.42. The highest BCUT2D eigenvalue weighted by atomic mass is 32.1. The molecule has 0 atom stereocenters. The smallest absolute Gasteiger partial charge is 0.201 e. The molecule has 1 aromatic heterocycles. The Labute approximate surface area is 155 Å². The summed E-state index contributed by atoms with van der Waals surface area (Å²) in [4.78, 5) is 4.74. The Bertz CT molecular complexity index is 558. The van der Waals surface area contributed by atoms with Crippen molar-refractivity contribution in [3.05, 3.63) is 24.3 Å². The maximum Gasteiger partial charge on any atom is 0.201 e. The first-order valence-electron chi connectivity index (χ1n) is 9.37. The highest BCUT2D eigenvalue weighted by molar-refractivity contribution is 7.22. The van der Waals surface area contributed by atoms with Crippen molar-refractivity contribution in [2.24, 2.45) is 0 Å². The summed E-state index contributed by atoms with van der Waals surface area (Å²) in [6, 6.07) is 8.25. The van der Waals surface area contributed by atoms with Crippen LogP contribution in [-0.2, 0) is 9.47 Å². The number of aromatic nitrogens is 1. The van der Waals surface area contributed by atoms with Crippen LogP contribution >= 0.6 is 11.3 Å². The fourth-order valence-corrected chi connectivity index (χ4v) is 3.29. The predicted octanol–water partition coefficient (Wildman–Crippen LogP) is 4.24. The van der Waals surface area contributed by atoms with Crippen LogP contribution in [0.25, 0.3) is 10.2 Å². The molecule has 0 aliphatic rings. The van der Waals surface area contributed by atoms with E-state index in [1.54, 1.807) is 11.3 Å². The molecule has 1 heterocycles. The molecule has 0 amide bonds. The van der Waals surface area contributed by atoms with E-state index >= 15 is 0 Å². The zero-order valence-electron chi connectivity index (χ0n) is 15.5. The summed E-state index contributed by atoms with van der Waals surface area (Å²) >= 11 is 1.70. The average molecular weight is 366 g/mol. The maximum atomic E-state index is 5.72. The van der Waals surface area contributed by atoms with Crippen LogP contribution < -0.4 is 10.4 Å².